The van der Waals surface area contributed by atoms with Crippen LogP contribution in [0.4, 0.5) is 13.2 Å². The number of quaternary nitrogens is 1. The summed E-state index contributed by atoms with van der Waals surface area (Å²) in [7, 11) is 0. The molecule has 2 bridgehead atoms. The van der Waals surface area contributed by atoms with E-state index in [4.69, 9.17) is 0 Å². The molecule has 3 aliphatic heterocycles. The van der Waals surface area contributed by atoms with Gasteiger partial charge in [-0.1, -0.05) is 12.1 Å². The van der Waals surface area contributed by atoms with E-state index in [-0.39, 0.29) is 30.7 Å². The van der Waals surface area contributed by atoms with E-state index in [1.54, 1.807) is 6.92 Å². The van der Waals surface area contributed by atoms with Crippen molar-refractivity contribution >= 4 is 11.9 Å². The van der Waals surface area contributed by atoms with Crippen LogP contribution in [0.3, 0.4) is 0 Å². The first-order chi connectivity index (χ1) is 16.1. The molecule has 10 heteroatoms. The maximum atomic E-state index is 12.9. The van der Waals surface area contributed by atoms with Gasteiger partial charge in [-0.25, -0.2) is 9.97 Å². The zero-order chi connectivity index (χ0) is 24.5. The van der Waals surface area contributed by atoms with Crippen LogP contribution in [-0.4, -0.2) is 47.5 Å². The Morgan fingerprint density at radius 2 is 1.91 bits per heavy atom. The molecule has 3 saturated heterocycles. The number of nitrogens with one attached hydrogen (secondary N) is 2. The zero-order valence-electron chi connectivity index (χ0n) is 18.8. The summed E-state index contributed by atoms with van der Waals surface area (Å²) in [4.78, 5) is 32.9. The number of aliphatic carboxylic acids is 1. The molecule has 3 fully saturated rings. The molecule has 1 aromatic heterocycles. The standard InChI is InChI=1S/C24H27F3N4O3/c1-14-29-20(15-2-4-17(5-3-15)24(25,26)27)11-21(30-14)19-13-31-9-8-16(19)10-18(31)12-28-22(32)6-7-23(33)34/h2-5,11,16,18-19H,6-10,12-13H2,1H3,(H,28,32)(H,33,34)/t16-,18+,19-/m0/s1. The quantitative estimate of drug-likeness (QED) is 0.618. The molecule has 3 aliphatic rings. The van der Waals surface area contributed by atoms with Crippen molar-refractivity contribution in [2.24, 2.45) is 5.92 Å². The number of nitrogens with zero attached hydrogens (tertiary/aromatic N) is 2. The van der Waals surface area contributed by atoms with Crippen molar-refractivity contribution in [2.45, 2.75) is 50.7 Å². The van der Waals surface area contributed by atoms with Gasteiger partial charge in [0.05, 0.1) is 42.5 Å². The fraction of sp³-hybridized carbons (Fsp3) is 0.500. The Hall–Kier alpha value is -3.01. The lowest BCUT2D eigenvalue weighted by molar-refractivity contribution is -0.942. The van der Waals surface area contributed by atoms with Crippen LogP contribution in [0.2, 0.25) is 0 Å². The number of rotatable bonds is 7. The highest BCUT2D eigenvalue weighted by molar-refractivity contribution is 5.79. The molecule has 1 unspecified atom stereocenters. The van der Waals surface area contributed by atoms with Crippen LogP contribution in [-0.2, 0) is 15.8 Å². The monoisotopic (exact) mass is 476 g/mol. The van der Waals surface area contributed by atoms with Crippen molar-refractivity contribution in [2.75, 3.05) is 19.6 Å². The summed E-state index contributed by atoms with van der Waals surface area (Å²) in [5, 5.41) is 13.4. The molecule has 0 aliphatic carbocycles. The van der Waals surface area contributed by atoms with E-state index in [0.29, 0.717) is 29.5 Å². The van der Waals surface area contributed by atoms with Crippen molar-refractivity contribution in [1.29, 1.82) is 0 Å². The summed E-state index contributed by atoms with van der Waals surface area (Å²) in [5.74, 6) is -0.341. The number of aromatic nitrogens is 2. The van der Waals surface area contributed by atoms with Crippen molar-refractivity contribution in [3.63, 3.8) is 0 Å². The Labute approximate surface area is 195 Å². The first-order valence-electron chi connectivity index (χ1n) is 11.4. The third-order valence-electron chi connectivity index (χ3n) is 6.90. The lowest BCUT2D eigenvalue weighted by Gasteiger charge is -2.46. The number of carbonyl (C=O) groups is 2. The van der Waals surface area contributed by atoms with Crippen molar-refractivity contribution in [1.82, 2.24) is 15.3 Å². The molecule has 1 amide bonds. The van der Waals surface area contributed by atoms with E-state index in [0.717, 1.165) is 43.8 Å². The number of fused-ring (bicyclic) bond motifs is 3. The van der Waals surface area contributed by atoms with E-state index >= 15 is 0 Å². The second-order valence-corrected chi connectivity index (χ2v) is 9.18. The molecule has 4 atom stereocenters. The Morgan fingerprint density at radius 1 is 1.18 bits per heavy atom. The summed E-state index contributed by atoms with van der Waals surface area (Å²) < 4.78 is 38.7. The minimum absolute atomic E-state index is 0.0800. The number of piperidine rings is 3. The van der Waals surface area contributed by atoms with Crippen LogP contribution in [0.5, 0.6) is 0 Å². The maximum absolute atomic E-state index is 12.9. The van der Waals surface area contributed by atoms with Gasteiger partial charge in [0, 0.05) is 30.8 Å². The third-order valence-corrected chi connectivity index (χ3v) is 6.90. The van der Waals surface area contributed by atoms with Crippen molar-refractivity contribution in [3.05, 3.63) is 47.4 Å². The van der Waals surface area contributed by atoms with Gasteiger partial charge in [0.2, 0.25) is 5.91 Å². The van der Waals surface area contributed by atoms with Crippen LogP contribution < -0.4 is 15.3 Å². The molecule has 4 heterocycles. The lowest BCUT2D eigenvalue weighted by Crippen LogP contribution is -3.20. The Bertz CT molecular complexity index is 1060. The molecular weight excluding hydrogens is 449 g/mol. The number of carbonyl (C=O) groups excluding carboxylic acids is 2. The number of amides is 1. The van der Waals surface area contributed by atoms with Crippen LogP contribution >= 0.6 is 0 Å². The first kappa shape index (κ1) is 24.1. The molecule has 34 heavy (non-hydrogen) atoms. The fourth-order valence-corrected chi connectivity index (χ4v) is 5.18. The molecule has 7 nitrogen and oxygen atoms in total. The minimum Gasteiger partial charge on any atom is -0.550 e. The predicted molar refractivity (Wildman–Crippen MR) is 114 cm³/mol. The fourth-order valence-electron chi connectivity index (χ4n) is 5.18. The highest BCUT2D eigenvalue weighted by Crippen LogP contribution is 2.35. The normalized spacial score (nSPS) is 24.1. The molecule has 2 aromatic rings. The number of hydrogen-bond acceptors (Lipinski definition) is 5. The zero-order valence-corrected chi connectivity index (χ0v) is 18.8. The Kier molecular flexibility index (Phi) is 6.88. The molecule has 0 radical (unpaired) electrons. The molecule has 2 N–H and O–H groups in total. The largest absolute Gasteiger partial charge is 0.550 e. The minimum atomic E-state index is -4.38. The van der Waals surface area contributed by atoms with E-state index in [2.05, 4.69) is 15.3 Å². The highest BCUT2D eigenvalue weighted by atomic mass is 19.4. The average molecular weight is 476 g/mol. The van der Waals surface area contributed by atoms with Gasteiger partial charge in [0.15, 0.2) is 0 Å². The van der Waals surface area contributed by atoms with E-state index in [1.807, 2.05) is 6.07 Å². The van der Waals surface area contributed by atoms with Crippen molar-refractivity contribution in [3.8, 4) is 11.3 Å². The number of halogens is 3. The van der Waals surface area contributed by atoms with Crippen LogP contribution in [0, 0.1) is 12.8 Å². The van der Waals surface area contributed by atoms with Crippen LogP contribution in [0.25, 0.3) is 11.3 Å². The summed E-state index contributed by atoms with van der Waals surface area (Å²) in [6.07, 6.45) is -2.80. The summed E-state index contributed by atoms with van der Waals surface area (Å²) >= 11 is 0. The van der Waals surface area contributed by atoms with E-state index in [1.165, 1.54) is 17.0 Å². The topological polar surface area (TPSA) is 99.5 Å². The van der Waals surface area contributed by atoms with Crippen molar-refractivity contribution < 1.29 is 32.8 Å². The number of hydrogen-bond donors (Lipinski definition) is 2. The third kappa shape index (κ3) is 5.55. The first-order valence-corrected chi connectivity index (χ1v) is 11.4. The second-order valence-electron chi connectivity index (χ2n) is 9.18. The Balaban J connectivity index is 1.44. The summed E-state index contributed by atoms with van der Waals surface area (Å²) in [6.45, 7) is 4.14. The van der Waals surface area contributed by atoms with Gasteiger partial charge < -0.3 is 20.1 Å². The lowest BCUT2D eigenvalue weighted by atomic mass is 9.74. The smallest absolute Gasteiger partial charge is 0.416 e. The number of carboxylic acid groups (broad SMARTS) is 1. The number of aryl methyl sites for hydroxylation is 1. The van der Waals surface area contributed by atoms with Crippen LogP contribution in [0.1, 0.15) is 48.7 Å². The average Bonchev–Trinajstić information content (AvgIpc) is 2.81. The van der Waals surface area contributed by atoms with Gasteiger partial charge in [-0.15, -0.1) is 0 Å². The van der Waals surface area contributed by atoms with Crippen LogP contribution in [0.15, 0.2) is 30.3 Å². The van der Waals surface area contributed by atoms with Gasteiger partial charge in [-0.05, 0) is 37.5 Å². The predicted octanol–water partition coefficient (Wildman–Crippen LogP) is 0.878. The number of alkyl halides is 3. The summed E-state index contributed by atoms with van der Waals surface area (Å²) in [5.41, 5.74) is 1.44. The summed E-state index contributed by atoms with van der Waals surface area (Å²) in [6, 6.07) is 7.16. The SMILES string of the molecule is Cc1nc(-c2ccc(C(F)(F)F)cc2)cc([C@H]2C[NH+]3CC[C@H]2C[C@@H]3CNC(=O)CCC(=O)[O-])n1. The Morgan fingerprint density at radius 3 is 2.53 bits per heavy atom. The van der Waals surface area contributed by atoms with Gasteiger partial charge in [-0.3, -0.25) is 4.79 Å². The molecule has 0 spiro atoms. The van der Waals surface area contributed by atoms with Gasteiger partial charge in [-0.2, -0.15) is 13.2 Å². The second kappa shape index (κ2) is 9.69. The molecule has 182 valence electrons. The molecular formula is C24H27F3N4O3. The van der Waals surface area contributed by atoms with E-state index < -0.39 is 17.7 Å². The number of carboxylic acids is 1. The van der Waals surface area contributed by atoms with Gasteiger partial charge in [0.25, 0.3) is 0 Å². The van der Waals surface area contributed by atoms with Gasteiger partial charge >= 0.3 is 6.18 Å². The number of benzene rings is 1. The van der Waals surface area contributed by atoms with E-state index in [9.17, 15) is 27.9 Å². The molecule has 5 rings (SSSR count). The van der Waals surface area contributed by atoms with Gasteiger partial charge in [0.1, 0.15) is 11.9 Å². The highest BCUT2D eigenvalue weighted by Gasteiger charge is 2.44. The molecule has 1 aromatic carbocycles. The maximum Gasteiger partial charge on any atom is 0.416 e. The molecule has 0 saturated carbocycles.